The van der Waals surface area contributed by atoms with Gasteiger partial charge >= 0.3 is 0 Å². The molecule has 8 nitrogen and oxygen atoms in total. The van der Waals surface area contributed by atoms with Gasteiger partial charge in [-0.15, -0.1) is 0 Å². The number of methoxy groups -OCH3 is 2. The predicted octanol–water partition coefficient (Wildman–Crippen LogP) is 3.94. The highest BCUT2D eigenvalue weighted by molar-refractivity contribution is 7.92. The number of hydrogen-bond donors (Lipinski definition) is 1. The van der Waals surface area contributed by atoms with Crippen LogP contribution in [0.15, 0.2) is 46.1 Å². The van der Waals surface area contributed by atoms with Gasteiger partial charge in [-0.1, -0.05) is 12.1 Å². The SMILES string of the molecule is CCn1nc(-c2ccc(C)c(S(=O)(=O)Nc3ccc(OC)c(OC)c3)c2)c2c(c1=O)CCCC2. The predicted molar refractivity (Wildman–Crippen MR) is 131 cm³/mol. The van der Waals surface area contributed by atoms with Crippen molar-refractivity contribution in [3.8, 4) is 22.8 Å². The Hall–Kier alpha value is -3.33. The van der Waals surface area contributed by atoms with Crippen LogP contribution >= 0.6 is 0 Å². The second-order valence-electron chi connectivity index (χ2n) is 8.29. The first kappa shape index (κ1) is 23.8. The molecular weight excluding hydrogens is 454 g/mol. The molecule has 9 heteroatoms. The maximum Gasteiger partial charge on any atom is 0.270 e. The van der Waals surface area contributed by atoms with Gasteiger partial charge in [0.05, 0.1) is 30.5 Å². The molecule has 1 aromatic heterocycles. The lowest BCUT2D eigenvalue weighted by Crippen LogP contribution is -2.30. The molecule has 34 heavy (non-hydrogen) atoms. The van der Waals surface area contributed by atoms with Crippen molar-refractivity contribution in [1.82, 2.24) is 9.78 Å². The molecule has 1 aliphatic rings. The Labute approximate surface area is 199 Å². The zero-order valence-electron chi connectivity index (χ0n) is 19.8. The summed E-state index contributed by atoms with van der Waals surface area (Å²) in [5.41, 5.74) is 4.01. The quantitative estimate of drug-likeness (QED) is 0.547. The third-order valence-electron chi connectivity index (χ3n) is 6.15. The standard InChI is InChI=1S/C25H29N3O5S/c1-5-28-25(29)20-9-7-6-8-19(20)24(26-28)17-11-10-16(2)23(14-17)34(30,31)27-18-12-13-21(32-3)22(15-18)33-4/h10-15,27H,5-9H2,1-4H3. The van der Waals surface area contributed by atoms with E-state index >= 15 is 0 Å². The summed E-state index contributed by atoms with van der Waals surface area (Å²) >= 11 is 0. The molecule has 0 spiro atoms. The molecule has 0 radical (unpaired) electrons. The van der Waals surface area contributed by atoms with E-state index in [1.807, 2.05) is 13.0 Å². The van der Waals surface area contributed by atoms with Crippen molar-refractivity contribution in [2.75, 3.05) is 18.9 Å². The molecule has 0 fully saturated rings. The first-order valence-electron chi connectivity index (χ1n) is 11.3. The fourth-order valence-corrected chi connectivity index (χ4v) is 5.70. The number of anilines is 1. The molecule has 1 heterocycles. The summed E-state index contributed by atoms with van der Waals surface area (Å²) in [6, 6.07) is 10.1. The summed E-state index contributed by atoms with van der Waals surface area (Å²) in [6.07, 6.45) is 3.44. The molecule has 4 rings (SSSR count). The number of aromatic nitrogens is 2. The molecule has 0 amide bonds. The van der Waals surface area contributed by atoms with Gasteiger partial charge < -0.3 is 9.47 Å². The number of benzene rings is 2. The van der Waals surface area contributed by atoms with E-state index < -0.39 is 10.0 Å². The van der Waals surface area contributed by atoms with Gasteiger partial charge in [-0.05, 0) is 68.9 Å². The van der Waals surface area contributed by atoms with Crippen molar-refractivity contribution in [2.45, 2.75) is 51.0 Å². The van der Waals surface area contributed by atoms with Crippen LogP contribution in [0.2, 0.25) is 0 Å². The summed E-state index contributed by atoms with van der Waals surface area (Å²) < 4.78 is 41.4. The maximum absolute atomic E-state index is 13.4. The molecule has 180 valence electrons. The minimum absolute atomic E-state index is 0.0453. The zero-order chi connectivity index (χ0) is 24.5. The van der Waals surface area contributed by atoms with E-state index in [1.165, 1.54) is 18.9 Å². The molecule has 0 bridgehead atoms. The Morgan fingerprint density at radius 1 is 1.00 bits per heavy atom. The van der Waals surface area contributed by atoms with Gasteiger partial charge in [0.25, 0.3) is 15.6 Å². The largest absolute Gasteiger partial charge is 0.493 e. The summed E-state index contributed by atoms with van der Waals surface area (Å²) in [6.45, 7) is 4.09. The number of nitrogens with zero attached hydrogens (tertiary/aromatic N) is 2. The molecule has 0 unspecified atom stereocenters. The summed E-state index contributed by atoms with van der Waals surface area (Å²) in [4.78, 5) is 12.9. The normalized spacial score (nSPS) is 13.3. The lowest BCUT2D eigenvalue weighted by molar-refractivity contribution is 0.355. The molecule has 1 aliphatic carbocycles. The Balaban J connectivity index is 1.78. The highest BCUT2D eigenvalue weighted by atomic mass is 32.2. The van der Waals surface area contributed by atoms with E-state index in [4.69, 9.17) is 9.47 Å². The topological polar surface area (TPSA) is 99.5 Å². The summed E-state index contributed by atoms with van der Waals surface area (Å²) in [5.74, 6) is 0.927. The number of rotatable bonds is 7. The number of nitrogens with one attached hydrogen (secondary N) is 1. The second kappa shape index (κ2) is 9.50. The average molecular weight is 484 g/mol. The molecule has 0 saturated heterocycles. The Kier molecular flexibility index (Phi) is 6.65. The van der Waals surface area contributed by atoms with Crippen LogP contribution in [0.1, 0.15) is 36.5 Å². The number of fused-ring (bicyclic) bond motifs is 1. The first-order chi connectivity index (χ1) is 16.3. The van der Waals surface area contributed by atoms with Crippen LogP contribution in [0.5, 0.6) is 11.5 Å². The number of sulfonamides is 1. The lowest BCUT2D eigenvalue weighted by Gasteiger charge is -2.20. The van der Waals surface area contributed by atoms with Crippen molar-refractivity contribution in [3.63, 3.8) is 0 Å². The monoisotopic (exact) mass is 483 g/mol. The van der Waals surface area contributed by atoms with Crippen LogP contribution < -0.4 is 19.8 Å². The third kappa shape index (κ3) is 4.40. The summed E-state index contributed by atoms with van der Waals surface area (Å²) in [5, 5.41) is 4.61. The van der Waals surface area contributed by atoms with Gasteiger partial charge in [-0.25, -0.2) is 13.1 Å². The first-order valence-corrected chi connectivity index (χ1v) is 12.8. The number of aryl methyl sites for hydroxylation is 2. The highest BCUT2D eigenvalue weighted by Crippen LogP contribution is 2.33. The fraction of sp³-hybridized carbons (Fsp3) is 0.360. The highest BCUT2D eigenvalue weighted by Gasteiger charge is 2.24. The molecular formula is C25H29N3O5S. The Morgan fingerprint density at radius 3 is 2.38 bits per heavy atom. The molecule has 0 aliphatic heterocycles. The van der Waals surface area contributed by atoms with Gasteiger partial charge in [-0.2, -0.15) is 5.10 Å². The van der Waals surface area contributed by atoms with E-state index in [9.17, 15) is 13.2 Å². The van der Waals surface area contributed by atoms with Gasteiger partial charge in [0.2, 0.25) is 0 Å². The zero-order valence-corrected chi connectivity index (χ0v) is 20.7. The van der Waals surface area contributed by atoms with Crippen LogP contribution in [0, 0.1) is 6.92 Å². The Bertz CT molecular complexity index is 1400. The lowest BCUT2D eigenvalue weighted by atomic mass is 9.89. The smallest absolute Gasteiger partial charge is 0.270 e. The molecule has 3 aromatic rings. The average Bonchev–Trinajstić information content (AvgIpc) is 2.84. The van der Waals surface area contributed by atoms with Crippen molar-refractivity contribution in [2.24, 2.45) is 0 Å². The van der Waals surface area contributed by atoms with Crippen LogP contribution in [-0.2, 0) is 29.4 Å². The van der Waals surface area contributed by atoms with Crippen LogP contribution in [-0.4, -0.2) is 32.4 Å². The van der Waals surface area contributed by atoms with Crippen LogP contribution in [0.25, 0.3) is 11.3 Å². The van der Waals surface area contributed by atoms with Crippen molar-refractivity contribution < 1.29 is 17.9 Å². The van der Waals surface area contributed by atoms with Gasteiger partial charge in [0, 0.05) is 23.7 Å². The minimum atomic E-state index is -3.91. The van der Waals surface area contributed by atoms with Crippen molar-refractivity contribution >= 4 is 15.7 Å². The third-order valence-corrected chi connectivity index (χ3v) is 7.68. The summed E-state index contributed by atoms with van der Waals surface area (Å²) in [7, 11) is -0.895. The molecule has 1 N–H and O–H groups in total. The number of hydrogen-bond acceptors (Lipinski definition) is 6. The maximum atomic E-state index is 13.4. The van der Waals surface area contributed by atoms with Gasteiger partial charge in [0.1, 0.15) is 0 Å². The number of ether oxygens (including phenoxy) is 2. The van der Waals surface area contributed by atoms with E-state index in [2.05, 4.69) is 9.82 Å². The van der Waals surface area contributed by atoms with Crippen molar-refractivity contribution in [3.05, 3.63) is 63.4 Å². The van der Waals surface area contributed by atoms with Gasteiger partial charge in [0.15, 0.2) is 11.5 Å². The van der Waals surface area contributed by atoms with E-state index in [-0.39, 0.29) is 10.5 Å². The van der Waals surface area contributed by atoms with Crippen LogP contribution in [0.4, 0.5) is 5.69 Å². The molecule has 2 aromatic carbocycles. The Morgan fingerprint density at radius 2 is 1.71 bits per heavy atom. The minimum Gasteiger partial charge on any atom is -0.493 e. The van der Waals surface area contributed by atoms with E-state index in [1.54, 1.807) is 37.3 Å². The van der Waals surface area contributed by atoms with E-state index in [0.717, 1.165) is 36.8 Å². The van der Waals surface area contributed by atoms with E-state index in [0.29, 0.717) is 40.6 Å². The molecule has 0 saturated carbocycles. The molecule has 0 atom stereocenters. The second-order valence-corrected chi connectivity index (χ2v) is 9.94. The van der Waals surface area contributed by atoms with Crippen LogP contribution in [0.3, 0.4) is 0 Å². The van der Waals surface area contributed by atoms with Crippen molar-refractivity contribution in [1.29, 1.82) is 0 Å². The van der Waals surface area contributed by atoms with Gasteiger partial charge in [-0.3, -0.25) is 9.52 Å². The fourth-order valence-electron chi connectivity index (χ4n) is 4.38.